The molecule has 1 N–H and O–H groups in total. The number of nitrogens with one attached hydrogen (secondary N) is 1. The van der Waals surface area contributed by atoms with Crippen LogP contribution < -0.4 is 5.32 Å². The smallest absolute Gasteiger partial charge is 0.327 e. The summed E-state index contributed by atoms with van der Waals surface area (Å²) >= 11 is 0. The number of benzene rings is 1. The number of carbonyl (C=O) groups excluding carboxylic acids is 1. The van der Waals surface area contributed by atoms with E-state index < -0.39 is 6.04 Å². The van der Waals surface area contributed by atoms with Crippen molar-refractivity contribution in [1.29, 1.82) is 0 Å². The first-order chi connectivity index (χ1) is 10.3. The third-order valence-corrected chi connectivity index (χ3v) is 3.08. The molecule has 1 aromatic heterocycles. The highest BCUT2D eigenvalue weighted by Crippen LogP contribution is 2.14. The molecule has 21 heavy (non-hydrogen) atoms. The molecule has 0 aliphatic rings. The molecule has 0 amide bonds. The Morgan fingerprint density at radius 2 is 2.14 bits per heavy atom. The summed E-state index contributed by atoms with van der Waals surface area (Å²) in [6.45, 7) is 3.19. The zero-order valence-electron chi connectivity index (χ0n) is 12.2. The van der Waals surface area contributed by atoms with Crippen molar-refractivity contribution in [2.45, 2.75) is 32.5 Å². The Bertz CT molecular complexity index is 570. The Morgan fingerprint density at radius 3 is 2.81 bits per heavy atom. The van der Waals surface area contributed by atoms with Crippen LogP contribution in [-0.2, 0) is 22.6 Å². The largest absolute Gasteiger partial charge is 0.468 e. The highest BCUT2D eigenvalue weighted by Gasteiger charge is 2.21. The number of aryl methyl sites for hydroxylation is 1. The molecule has 0 bridgehead atoms. The molecule has 1 heterocycles. The second-order valence-corrected chi connectivity index (χ2v) is 4.57. The molecule has 0 radical (unpaired) electrons. The zero-order valence-corrected chi connectivity index (χ0v) is 12.2. The van der Waals surface area contributed by atoms with Gasteiger partial charge in [-0.2, -0.15) is 0 Å². The third kappa shape index (κ3) is 3.85. The van der Waals surface area contributed by atoms with Crippen molar-refractivity contribution in [2.75, 3.05) is 7.11 Å². The second-order valence-electron chi connectivity index (χ2n) is 4.57. The fourth-order valence-electron chi connectivity index (χ4n) is 2.03. The fourth-order valence-corrected chi connectivity index (χ4v) is 2.03. The van der Waals surface area contributed by atoms with Gasteiger partial charge in [-0.1, -0.05) is 37.3 Å². The van der Waals surface area contributed by atoms with Crippen LogP contribution in [0.2, 0.25) is 0 Å². The topological polar surface area (TPSA) is 81.9 Å². The van der Waals surface area contributed by atoms with Crippen molar-refractivity contribution in [3.05, 3.63) is 41.7 Å². The highest BCUT2D eigenvalue weighted by molar-refractivity contribution is 5.77. The number of nitrogens with zero attached hydrogens (tertiary/aromatic N) is 4. The first-order valence-electron chi connectivity index (χ1n) is 6.87. The van der Waals surface area contributed by atoms with Crippen LogP contribution in [0.15, 0.2) is 30.3 Å². The molecule has 1 unspecified atom stereocenters. The van der Waals surface area contributed by atoms with Crippen molar-refractivity contribution >= 4 is 5.97 Å². The number of esters is 1. The minimum absolute atomic E-state index is 0.337. The lowest BCUT2D eigenvalue weighted by atomic mass is 10.1. The zero-order chi connectivity index (χ0) is 15.1. The van der Waals surface area contributed by atoms with Gasteiger partial charge in [-0.3, -0.25) is 5.32 Å². The van der Waals surface area contributed by atoms with E-state index >= 15 is 0 Å². The first kappa shape index (κ1) is 15.1. The van der Waals surface area contributed by atoms with Crippen molar-refractivity contribution in [2.24, 2.45) is 0 Å². The normalized spacial score (nSPS) is 12.1. The average Bonchev–Trinajstić information content (AvgIpc) is 2.96. The number of aromatic nitrogens is 4. The summed E-state index contributed by atoms with van der Waals surface area (Å²) < 4.78 is 6.58. The van der Waals surface area contributed by atoms with E-state index in [-0.39, 0.29) is 5.97 Å². The maximum absolute atomic E-state index is 11.9. The lowest BCUT2D eigenvalue weighted by Crippen LogP contribution is -2.30. The van der Waals surface area contributed by atoms with E-state index in [9.17, 15) is 4.79 Å². The van der Waals surface area contributed by atoms with E-state index in [0.717, 1.165) is 18.5 Å². The molecular formula is C14H19N5O2. The van der Waals surface area contributed by atoms with E-state index in [1.165, 1.54) is 7.11 Å². The number of methoxy groups -OCH3 is 1. The summed E-state index contributed by atoms with van der Waals surface area (Å²) in [7, 11) is 1.38. The van der Waals surface area contributed by atoms with Gasteiger partial charge >= 0.3 is 5.97 Å². The van der Waals surface area contributed by atoms with E-state index in [2.05, 4.69) is 27.8 Å². The molecule has 7 heteroatoms. The van der Waals surface area contributed by atoms with E-state index in [1.54, 1.807) is 4.68 Å². The maximum atomic E-state index is 11.9. The van der Waals surface area contributed by atoms with Gasteiger partial charge in [0.15, 0.2) is 5.82 Å². The monoisotopic (exact) mass is 289 g/mol. The lowest BCUT2D eigenvalue weighted by molar-refractivity contribution is -0.143. The summed E-state index contributed by atoms with van der Waals surface area (Å²) in [6.07, 6.45) is 0.942. The number of hydrogen-bond donors (Lipinski definition) is 1. The molecule has 0 saturated heterocycles. The molecule has 1 atom stereocenters. The van der Waals surface area contributed by atoms with Crippen LogP contribution in [0.4, 0.5) is 0 Å². The number of carbonyl (C=O) groups is 1. The predicted molar refractivity (Wildman–Crippen MR) is 76.1 cm³/mol. The summed E-state index contributed by atoms with van der Waals surface area (Å²) in [6, 6.07) is 8.89. The second kappa shape index (κ2) is 7.49. The van der Waals surface area contributed by atoms with Crippen molar-refractivity contribution in [3.8, 4) is 0 Å². The summed E-state index contributed by atoms with van der Waals surface area (Å²) in [5.74, 6) is 0.359. The summed E-state index contributed by atoms with van der Waals surface area (Å²) in [5.41, 5.74) is 0.846. The SMILES string of the molecule is CCCn1nnnc1CNC(C(=O)OC)c1ccccc1. The average molecular weight is 289 g/mol. The molecule has 1 aromatic carbocycles. The molecule has 2 aromatic rings. The molecule has 2 rings (SSSR count). The third-order valence-electron chi connectivity index (χ3n) is 3.08. The number of tetrazole rings is 1. The lowest BCUT2D eigenvalue weighted by Gasteiger charge is -2.16. The van der Waals surface area contributed by atoms with E-state index in [0.29, 0.717) is 12.4 Å². The van der Waals surface area contributed by atoms with Gasteiger partial charge in [0, 0.05) is 6.54 Å². The van der Waals surface area contributed by atoms with Crippen LogP contribution >= 0.6 is 0 Å². The molecule has 0 spiro atoms. The Morgan fingerprint density at radius 1 is 1.38 bits per heavy atom. The van der Waals surface area contributed by atoms with E-state index in [1.807, 2.05) is 30.3 Å². The van der Waals surface area contributed by atoms with Crippen LogP contribution in [0.1, 0.15) is 30.8 Å². The van der Waals surface area contributed by atoms with Gasteiger partial charge in [0.25, 0.3) is 0 Å². The Balaban J connectivity index is 2.09. The molecule has 0 aliphatic heterocycles. The number of rotatable bonds is 7. The minimum atomic E-state index is -0.539. The van der Waals surface area contributed by atoms with Gasteiger partial charge in [-0.05, 0) is 22.4 Å². The fraction of sp³-hybridized carbons (Fsp3) is 0.429. The molecule has 0 aliphatic carbocycles. The minimum Gasteiger partial charge on any atom is -0.468 e. The summed E-state index contributed by atoms with van der Waals surface area (Å²) in [4.78, 5) is 11.9. The highest BCUT2D eigenvalue weighted by atomic mass is 16.5. The van der Waals surface area contributed by atoms with E-state index in [4.69, 9.17) is 4.74 Å². The number of ether oxygens (including phenoxy) is 1. The first-order valence-corrected chi connectivity index (χ1v) is 6.87. The van der Waals surface area contributed by atoms with Gasteiger partial charge < -0.3 is 4.74 Å². The van der Waals surface area contributed by atoms with Crippen LogP contribution in [0.5, 0.6) is 0 Å². The molecule has 7 nitrogen and oxygen atoms in total. The van der Waals surface area contributed by atoms with Gasteiger partial charge in [0.2, 0.25) is 0 Å². The standard InChI is InChI=1S/C14H19N5O2/c1-3-9-19-12(16-17-18-19)10-15-13(14(20)21-2)11-7-5-4-6-8-11/h4-8,13,15H,3,9-10H2,1-2H3. The molecule has 0 fully saturated rings. The predicted octanol–water partition coefficient (Wildman–Crippen LogP) is 1.09. The quantitative estimate of drug-likeness (QED) is 0.768. The summed E-state index contributed by atoms with van der Waals surface area (Å²) in [5, 5.41) is 14.7. The van der Waals surface area contributed by atoms with Crippen molar-refractivity contribution < 1.29 is 9.53 Å². The van der Waals surface area contributed by atoms with Gasteiger partial charge in [0.1, 0.15) is 6.04 Å². The Hall–Kier alpha value is -2.28. The molecule has 0 saturated carbocycles. The van der Waals surface area contributed by atoms with Crippen LogP contribution in [-0.4, -0.2) is 33.3 Å². The number of hydrogen-bond acceptors (Lipinski definition) is 6. The molecular weight excluding hydrogens is 270 g/mol. The van der Waals surface area contributed by atoms with Gasteiger partial charge in [0.05, 0.1) is 13.7 Å². The van der Waals surface area contributed by atoms with Gasteiger partial charge in [-0.25, -0.2) is 9.48 Å². The van der Waals surface area contributed by atoms with Crippen LogP contribution in [0, 0.1) is 0 Å². The van der Waals surface area contributed by atoms with Crippen molar-refractivity contribution in [1.82, 2.24) is 25.5 Å². The van der Waals surface area contributed by atoms with Gasteiger partial charge in [-0.15, -0.1) is 5.10 Å². The van der Waals surface area contributed by atoms with Crippen molar-refractivity contribution in [3.63, 3.8) is 0 Å². The molecule has 112 valence electrons. The Labute approximate surface area is 123 Å². The van der Waals surface area contributed by atoms with Crippen LogP contribution in [0.25, 0.3) is 0 Å². The Kier molecular flexibility index (Phi) is 5.39. The van der Waals surface area contributed by atoms with Crippen LogP contribution in [0.3, 0.4) is 0 Å². The maximum Gasteiger partial charge on any atom is 0.327 e.